The second-order valence-corrected chi connectivity index (χ2v) is 3.24. The van der Waals surface area contributed by atoms with Gasteiger partial charge in [-0.1, -0.05) is 18.5 Å². The molecule has 0 heterocycles. The van der Waals surface area contributed by atoms with Crippen LogP contribution in [0.15, 0.2) is 18.2 Å². The smallest absolute Gasteiger partial charge is 0.126 e. The summed E-state index contributed by atoms with van der Waals surface area (Å²) >= 11 is 5.71. The first-order valence-corrected chi connectivity index (χ1v) is 4.18. The minimum absolute atomic E-state index is 0.0173. The monoisotopic (exact) mass is 187 g/mol. The van der Waals surface area contributed by atoms with Crippen LogP contribution in [0.5, 0.6) is 0 Å². The quantitative estimate of drug-likeness (QED) is 0.757. The Bertz CT molecular complexity index is 275. The third-order valence-corrected chi connectivity index (χ3v) is 2.08. The largest absolute Gasteiger partial charge is 0.330 e. The molecule has 66 valence electrons. The number of rotatable bonds is 2. The van der Waals surface area contributed by atoms with Crippen LogP contribution in [0, 0.1) is 5.82 Å². The summed E-state index contributed by atoms with van der Waals surface area (Å²) in [6.45, 7) is 2.30. The fourth-order valence-electron chi connectivity index (χ4n) is 1.02. The summed E-state index contributed by atoms with van der Waals surface area (Å²) < 4.78 is 13.1. The molecule has 0 saturated carbocycles. The zero-order valence-corrected chi connectivity index (χ0v) is 7.61. The van der Waals surface area contributed by atoms with E-state index in [1.807, 2.05) is 6.92 Å². The number of nitrogens with two attached hydrogens (primary N) is 1. The predicted molar refractivity (Wildman–Crippen MR) is 48.9 cm³/mol. The molecule has 0 aliphatic heterocycles. The van der Waals surface area contributed by atoms with Crippen LogP contribution in [0.4, 0.5) is 4.39 Å². The summed E-state index contributed by atoms with van der Waals surface area (Å²) in [7, 11) is 0. The van der Waals surface area contributed by atoms with Gasteiger partial charge in [-0.05, 0) is 36.2 Å². The van der Waals surface area contributed by atoms with E-state index in [1.165, 1.54) is 12.1 Å². The maximum Gasteiger partial charge on any atom is 0.126 e. The van der Waals surface area contributed by atoms with Gasteiger partial charge >= 0.3 is 0 Å². The van der Waals surface area contributed by atoms with E-state index < -0.39 is 0 Å². The predicted octanol–water partition coefficient (Wildman–Crippen LogP) is 2.54. The lowest BCUT2D eigenvalue weighted by Gasteiger charge is -2.09. The SMILES string of the molecule is CC(CN)c1cc(Cl)ccc1F. The van der Waals surface area contributed by atoms with E-state index in [4.69, 9.17) is 17.3 Å². The van der Waals surface area contributed by atoms with E-state index in [2.05, 4.69) is 0 Å². The van der Waals surface area contributed by atoms with Crippen molar-refractivity contribution in [2.45, 2.75) is 12.8 Å². The molecule has 2 N–H and O–H groups in total. The van der Waals surface area contributed by atoms with Crippen LogP contribution >= 0.6 is 11.6 Å². The Balaban J connectivity index is 3.04. The van der Waals surface area contributed by atoms with Crippen molar-refractivity contribution in [2.24, 2.45) is 5.73 Å². The van der Waals surface area contributed by atoms with Crippen molar-refractivity contribution < 1.29 is 4.39 Å². The Labute approximate surface area is 76.3 Å². The highest BCUT2D eigenvalue weighted by Gasteiger charge is 2.09. The van der Waals surface area contributed by atoms with Crippen LogP contribution in [0.3, 0.4) is 0 Å². The molecular weight excluding hydrogens is 177 g/mol. The highest BCUT2D eigenvalue weighted by molar-refractivity contribution is 6.30. The first-order valence-electron chi connectivity index (χ1n) is 3.80. The minimum atomic E-state index is -0.239. The van der Waals surface area contributed by atoms with E-state index >= 15 is 0 Å². The molecule has 0 fully saturated rings. The molecule has 1 aromatic carbocycles. The molecule has 0 aliphatic carbocycles. The summed E-state index contributed by atoms with van der Waals surface area (Å²) in [4.78, 5) is 0. The van der Waals surface area contributed by atoms with Crippen LogP contribution in [0.25, 0.3) is 0 Å². The Hall–Kier alpha value is -0.600. The second-order valence-electron chi connectivity index (χ2n) is 2.80. The highest BCUT2D eigenvalue weighted by Crippen LogP contribution is 2.21. The molecular formula is C9H11ClFN. The normalized spacial score (nSPS) is 13.0. The molecule has 0 aliphatic rings. The lowest BCUT2D eigenvalue weighted by molar-refractivity contribution is 0.591. The van der Waals surface area contributed by atoms with Crippen LogP contribution in [-0.4, -0.2) is 6.54 Å². The number of benzene rings is 1. The minimum Gasteiger partial charge on any atom is -0.330 e. The lowest BCUT2D eigenvalue weighted by Crippen LogP contribution is -2.10. The number of hydrogen-bond donors (Lipinski definition) is 1. The van der Waals surface area contributed by atoms with Gasteiger partial charge in [0.2, 0.25) is 0 Å². The molecule has 1 unspecified atom stereocenters. The Morgan fingerprint density at radius 3 is 2.83 bits per heavy atom. The molecule has 0 radical (unpaired) electrons. The van der Waals surface area contributed by atoms with Crippen molar-refractivity contribution in [1.82, 2.24) is 0 Å². The molecule has 0 spiro atoms. The molecule has 1 atom stereocenters. The topological polar surface area (TPSA) is 26.0 Å². The lowest BCUT2D eigenvalue weighted by atomic mass is 10.0. The van der Waals surface area contributed by atoms with Crippen molar-refractivity contribution in [3.63, 3.8) is 0 Å². The molecule has 0 amide bonds. The molecule has 1 aromatic rings. The molecule has 12 heavy (non-hydrogen) atoms. The third-order valence-electron chi connectivity index (χ3n) is 1.84. The molecule has 1 rings (SSSR count). The Morgan fingerprint density at radius 2 is 2.25 bits per heavy atom. The van der Waals surface area contributed by atoms with Gasteiger partial charge in [0, 0.05) is 5.02 Å². The molecule has 0 saturated heterocycles. The first-order chi connectivity index (χ1) is 5.65. The van der Waals surface area contributed by atoms with E-state index in [9.17, 15) is 4.39 Å². The van der Waals surface area contributed by atoms with Crippen LogP contribution in [0.2, 0.25) is 5.02 Å². The van der Waals surface area contributed by atoms with Crippen LogP contribution in [-0.2, 0) is 0 Å². The molecule has 0 bridgehead atoms. The summed E-state index contributed by atoms with van der Waals surface area (Å²) in [6.07, 6.45) is 0. The summed E-state index contributed by atoms with van der Waals surface area (Å²) in [5.41, 5.74) is 6.00. The molecule has 1 nitrogen and oxygen atoms in total. The van der Waals surface area contributed by atoms with Gasteiger partial charge in [0.1, 0.15) is 5.82 Å². The van der Waals surface area contributed by atoms with Gasteiger partial charge < -0.3 is 5.73 Å². The number of hydrogen-bond acceptors (Lipinski definition) is 1. The van der Waals surface area contributed by atoms with Crippen molar-refractivity contribution in [2.75, 3.05) is 6.54 Å². The van der Waals surface area contributed by atoms with E-state index in [-0.39, 0.29) is 11.7 Å². The third kappa shape index (κ3) is 1.96. The molecule has 3 heteroatoms. The van der Waals surface area contributed by atoms with Gasteiger partial charge in [0.15, 0.2) is 0 Å². The van der Waals surface area contributed by atoms with Gasteiger partial charge in [-0.25, -0.2) is 4.39 Å². The van der Waals surface area contributed by atoms with Crippen molar-refractivity contribution in [1.29, 1.82) is 0 Å². The standard InChI is InChI=1S/C9H11ClFN/c1-6(5-12)8-4-7(10)2-3-9(8)11/h2-4,6H,5,12H2,1H3. The fourth-order valence-corrected chi connectivity index (χ4v) is 1.20. The average molecular weight is 188 g/mol. The van der Waals surface area contributed by atoms with Crippen molar-refractivity contribution >= 4 is 11.6 Å². The fraction of sp³-hybridized carbons (Fsp3) is 0.333. The van der Waals surface area contributed by atoms with Crippen molar-refractivity contribution in [3.05, 3.63) is 34.6 Å². The van der Waals surface area contributed by atoms with E-state index in [0.717, 1.165) is 0 Å². The summed E-state index contributed by atoms with van der Waals surface area (Å²) in [5, 5.41) is 0.548. The summed E-state index contributed by atoms with van der Waals surface area (Å²) in [6, 6.07) is 4.52. The van der Waals surface area contributed by atoms with E-state index in [1.54, 1.807) is 6.07 Å². The van der Waals surface area contributed by atoms with E-state index in [0.29, 0.717) is 17.1 Å². The summed E-state index contributed by atoms with van der Waals surface area (Å²) in [5.74, 6) is -0.221. The zero-order chi connectivity index (χ0) is 9.14. The Kier molecular flexibility index (Phi) is 3.06. The maximum atomic E-state index is 13.1. The van der Waals surface area contributed by atoms with Crippen LogP contribution in [0.1, 0.15) is 18.4 Å². The van der Waals surface area contributed by atoms with Crippen molar-refractivity contribution in [3.8, 4) is 0 Å². The molecule has 0 aromatic heterocycles. The van der Waals surface area contributed by atoms with Gasteiger partial charge in [-0.2, -0.15) is 0 Å². The first kappa shape index (κ1) is 9.49. The van der Waals surface area contributed by atoms with Gasteiger partial charge in [0.25, 0.3) is 0 Å². The average Bonchev–Trinajstić information content (AvgIpc) is 2.08. The number of halogens is 2. The van der Waals surface area contributed by atoms with Gasteiger partial charge in [0.05, 0.1) is 0 Å². The highest BCUT2D eigenvalue weighted by atomic mass is 35.5. The second kappa shape index (κ2) is 3.87. The van der Waals surface area contributed by atoms with Crippen LogP contribution < -0.4 is 5.73 Å². The van der Waals surface area contributed by atoms with Gasteiger partial charge in [-0.3, -0.25) is 0 Å². The van der Waals surface area contributed by atoms with Gasteiger partial charge in [-0.15, -0.1) is 0 Å². The Morgan fingerprint density at radius 1 is 1.58 bits per heavy atom. The zero-order valence-electron chi connectivity index (χ0n) is 6.85. The maximum absolute atomic E-state index is 13.1.